The smallest absolute Gasteiger partial charge is 0.271 e. The molecule has 2 atom stereocenters. The van der Waals surface area contributed by atoms with Gasteiger partial charge in [0.15, 0.2) is 0 Å². The number of rotatable bonds is 4. The zero-order chi connectivity index (χ0) is 15.6. The van der Waals surface area contributed by atoms with E-state index in [1.54, 1.807) is 0 Å². The van der Waals surface area contributed by atoms with Gasteiger partial charge >= 0.3 is 6.18 Å². The Morgan fingerprint density at radius 3 is 1.95 bits per heavy atom. The summed E-state index contributed by atoms with van der Waals surface area (Å²) in [7, 11) is 0. The molecule has 0 saturated heterocycles. The SMILES string of the molecule is CC(CC(NN)c1ccc(C(F)(F)F)cc1)C(C)(C)C. The Labute approximate surface area is 118 Å². The second-order valence-corrected chi connectivity index (χ2v) is 6.34. The summed E-state index contributed by atoms with van der Waals surface area (Å²) in [6.45, 7) is 8.53. The second kappa shape index (κ2) is 6.14. The first-order valence-electron chi connectivity index (χ1n) is 6.69. The van der Waals surface area contributed by atoms with Crippen molar-refractivity contribution in [3.05, 3.63) is 35.4 Å². The van der Waals surface area contributed by atoms with Gasteiger partial charge in [-0.3, -0.25) is 11.3 Å². The highest BCUT2D eigenvalue weighted by atomic mass is 19.4. The first kappa shape index (κ1) is 17.0. The Kier molecular flexibility index (Phi) is 5.21. The molecule has 0 spiro atoms. The average Bonchev–Trinajstić information content (AvgIpc) is 2.33. The minimum absolute atomic E-state index is 0.126. The maximum absolute atomic E-state index is 12.5. The van der Waals surface area contributed by atoms with E-state index < -0.39 is 11.7 Å². The minimum Gasteiger partial charge on any atom is -0.271 e. The van der Waals surface area contributed by atoms with E-state index >= 15 is 0 Å². The molecule has 1 aromatic carbocycles. The van der Waals surface area contributed by atoms with Crippen LogP contribution in [0.1, 0.15) is 51.3 Å². The van der Waals surface area contributed by atoms with Gasteiger partial charge < -0.3 is 0 Å². The zero-order valence-corrected chi connectivity index (χ0v) is 12.4. The Balaban J connectivity index is 2.86. The van der Waals surface area contributed by atoms with Crippen LogP contribution in [-0.2, 0) is 6.18 Å². The van der Waals surface area contributed by atoms with E-state index in [-0.39, 0.29) is 11.5 Å². The van der Waals surface area contributed by atoms with Crippen LogP contribution in [0, 0.1) is 11.3 Å². The zero-order valence-electron chi connectivity index (χ0n) is 12.4. The fourth-order valence-electron chi connectivity index (χ4n) is 1.91. The van der Waals surface area contributed by atoms with E-state index in [0.29, 0.717) is 5.92 Å². The van der Waals surface area contributed by atoms with Crippen molar-refractivity contribution in [1.29, 1.82) is 0 Å². The van der Waals surface area contributed by atoms with Crippen LogP contribution in [0.25, 0.3) is 0 Å². The maximum atomic E-state index is 12.5. The molecule has 20 heavy (non-hydrogen) atoms. The number of nitrogens with two attached hydrogens (primary N) is 1. The predicted octanol–water partition coefficient (Wildman–Crippen LogP) is 4.28. The van der Waals surface area contributed by atoms with Crippen LogP contribution in [-0.4, -0.2) is 0 Å². The lowest BCUT2D eigenvalue weighted by Gasteiger charge is -2.30. The van der Waals surface area contributed by atoms with Crippen LogP contribution in [0.2, 0.25) is 0 Å². The van der Waals surface area contributed by atoms with E-state index in [0.717, 1.165) is 24.1 Å². The van der Waals surface area contributed by atoms with Crippen LogP contribution in [0.15, 0.2) is 24.3 Å². The van der Waals surface area contributed by atoms with Gasteiger partial charge in [0, 0.05) is 6.04 Å². The van der Waals surface area contributed by atoms with Crippen LogP contribution >= 0.6 is 0 Å². The molecule has 0 saturated carbocycles. The normalized spacial score (nSPS) is 16.0. The average molecular weight is 288 g/mol. The molecular formula is C15H23F3N2. The van der Waals surface area contributed by atoms with Crippen molar-refractivity contribution in [2.75, 3.05) is 0 Å². The molecule has 1 rings (SSSR count). The van der Waals surface area contributed by atoms with Gasteiger partial charge in [-0.2, -0.15) is 13.2 Å². The molecule has 2 nitrogen and oxygen atoms in total. The van der Waals surface area contributed by atoms with Crippen molar-refractivity contribution >= 4 is 0 Å². The lowest BCUT2D eigenvalue weighted by molar-refractivity contribution is -0.137. The highest BCUT2D eigenvalue weighted by Crippen LogP contribution is 2.34. The van der Waals surface area contributed by atoms with Crippen molar-refractivity contribution in [1.82, 2.24) is 5.43 Å². The lowest BCUT2D eigenvalue weighted by atomic mass is 9.77. The van der Waals surface area contributed by atoms with E-state index in [2.05, 4.69) is 33.1 Å². The molecular weight excluding hydrogens is 265 g/mol. The molecule has 5 heteroatoms. The van der Waals surface area contributed by atoms with E-state index in [9.17, 15) is 13.2 Å². The molecule has 0 aliphatic carbocycles. The van der Waals surface area contributed by atoms with Gasteiger partial charge in [-0.15, -0.1) is 0 Å². The predicted molar refractivity (Wildman–Crippen MR) is 74.7 cm³/mol. The Morgan fingerprint density at radius 2 is 1.60 bits per heavy atom. The number of hydrazine groups is 1. The maximum Gasteiger partial charge on any atom is 0.416 e. The molecule has 0 aromatic heterocycles. The van der Waals surface area contributed by atoms with E-state index in [1.165, 1.54) is 12.1 Å². The first-order valence-corrected chi connectivity index (χ1v) is 6.69. The van der Waals surface area contributed by atoms with Gasteiger partial charge in [-0.1, -0.05) is 39.8 Å². The summed E-state index contributed by atoms with van der Waals surface area (Å²) < 4.78 is 37.6. The molecule has 2 unspecified atom stereocenters. The number of benzene rings is 1. The van der Waals surface area contributed by atoms with Gasteiger partial charge in [-0.25, -0.2) is 0 Å². The summed E-state index contributed by atoms with van der Waals surface area (Å²) in [5.74, 6) is 5.93. The first-order chi connectivity index (χ1) is 9.05. The van der Waals surface area contributed by atoms with Gasteiger partial charge in [0.05, 0.1) is 5.56 Å². The van der Waals surface area contributed by atoms with E-state index in [1.807, 2.05) is 0 Å². The second-order valence-electron chi connectivity index (χ2n) is 6.34. The Bertz CT molecular complexity index is 418. The number of hydrogen-bond donors (Lipinski definition) is 2. The van der Waals surface area contributed by atoms with Gasteiger partial charge in [0.2, 0.25) is 0 Å². The van der Waals surface area contributed by atoms with Crippen molar-refractivity contribution in [3.8, 4) is 0 Å². The van der Waals surface area contributed by atoms with E-state index in [4.69, 9.17) is 5.84 Å². The Hall–Kier alpha value is -1.07. The molecule has 0 heterocycles. The van der Waals surface area contributed by atoms with Gasteiger partial charge in [0.25, 0.3) is 0 Å². The molecule has 0 bridgehead atoms. The van der Waals surface area contributed by atoms with Crippen LogP contribution < -0.4 is 11.3 Å². The minimum atomic E-state index is -4.30. The number of nitrogens with one attached hydrogen (secondary N) is 1. The highest BCUT2D eigenvalue weighted by molar-refractivity contribution is 5.26. The summed E-state index contributed by atoms with van der Waals surface area (Å²) >= 11 is 0. The summed E-state index contributed by atoms with van der Waals surface area (Å²) in [6, 6.07) is 5.03. The molecule has 0 fully saturated rings. The molecule has 1 aromatic rings. The number of alkyl halides is 3. The van der Waals surface area contributed by atoms with Crippen LogP contribution in [0.4, 0.5) is 13.2 Å². The number of halogens is 3. The fourth-order valence-corrected chi connectivity index (χ4v) is 1.91. The number of hydrogen-bond acceptors (Lipinski definition) is 2. The van der Waals surface area contributed by atoms with Gasteiger partial charge in [0.1, 0.15) is 0 Å². The summed E-state index contributed by atoms with van der Waals surface area (Å²) in [5.41, 5.74) is 2.96. The third-order valence-corrected chi connectivity index (χ3v) is 3.91. The standard InChI is InChI=1S/C15H23F3N2/c1-10(14(2,3)4)9-13(20-19)11-5-7-12(8-6-11)15(16,17)18/h5-8,10,13,20H,9,19H2,1-4H3. The quantitative estimate of drug-likeness (QED) is 0.641. The summed E-state index contributed by atoms with van der Waals surface area (Å²) in [4.78, 5) is 0. The third-order valence-electron chi connectivity index (χ3n) is 3.91. The van der Waals surface area contributed by atoms with Crippen molar-refractivity contribution in [2.45, 2.75) is 46.3 Å². The van der Waals surface area contributed by atoms with Crippen LogP contribution in [0.3, 0.4) is 0 Å². The largest absolute Gasteiger partial charge is 0.416 e. The molecule has 0 radical (unpaired) electrons. The monoisotopic (exact) mass is 288 g/mol. The topological polar surface area (TPSA) is 38.0 Å². The third kappa shape index (κ3) is 4.49. The summed E-state index contributed by atoms with van der Waals surface area (Å²) in [5, 5.41) is 0. The fraction of sp³-hybridized carbons (Fsp3) is 0.600. The Morgan fingerprint density at radius 1 is 1.10 bits per heavy atom. The van der Waals surface area contributed by atoms with Crippen LogP contribution in [0.5, 0.6) is 0 Å². The van der Waals surface area contributed by atoms with Crippen molar-refractivity contribution < 1.29 is 13.2 Å². The molecule has 0 aliphatic heterocycles. The van der Waals surface area contributed by atoms with Gasteiger partial charge in [-0.05, 0) is 35.4 Å². The molecule has 3 N–H and O–H groups in total. The van der Waals surface area contributed by atoms with Crippen molar-refractivity contribution in [2.24, 2.45) is 17.2 Å². The summed E-state index contributed by atoms with van der Waals surface area (Å²) in [6.07, 6.45) is -3.53. The molecule has 0 amide bonds. The molecule has 0 aliphatic rings. The van der Waals surface area contributed by atoms with Crippen molar-refractivity contribution in [3.63, 3.8) is 0 Å². The molecule has 114 valence electrons. The lowest BCUT2D eigenvalue weighted by Crippen LogP contribution is -2.32. The highest BCUT2D eigenvalue weighted by Gasteiger charge is 2.30.